The molecule has 0 bridgehead atoms. The number of hydrogen-bond donors (Lipinski definition) is 0. The number of halogens is 1. The zero-order valence-electron chi connectivity index (χ0n) is 18.7. The lowest BCUT2D eigenvalue weighted by atomic mass is 9.78. The van der Waals surface area contributed by atoms with Crippen LogP contribution in [0.1, 0.15) is 30.1 Å². The Hall–Kier alpha value is -2.17. The predicted octanol–water partition coefficient (Wildman–Crippen LogP) is 5.82. The minimum Gasteiger partial charge on any atom is -0.412 e. The van der Waals surface area contributed by atoms with Gasteiger partial charge in [0.15, 0.2) is 0 Å². The van der Waals surface area contributed by atoms with Gasteiger partial charge in [-0.3, -0.25) is 0 Å². The van der Waals surface area contributed by atoms with E-state index in [0.29, 0.717) is 5.92 Å². The molecule has 1 aliphatic rings. The van der Waals surface area contributed by atoms with Crippen LogP contribution in [0.3, 0.4) is 0 Å². The number of hydrogen-bond acceptors (Lipinski definition) is 2. The molecule has 0 heterocycles. The molecule has 0 spiro atoms. The standard InChI is InChI=1S/C27H31NO.ClH.H2O/c1-28(2)18-17-23-13-14-25-19-24(15-16-26(25)27(23)29-3)22-11-9-21(10-12-22)20-7-5-4-6-8-20;;/h4-12,15-16,19,23,27H,13-14,17-18H2,1-3H3;1H;1H2/t23?,27-;;/m1../s1. The van der Waals surface area contributed by atoms with Gasteiger partial charge in [-0.1, -0.05) is 72.8 Å². The maximum atomic E-state index is 5.95. The van der Waals surface area contributed by atoms with Crippen molar-refractivity contribution in [1.29, 1.82) is 0 Å². The van der Waals surface area contributed by atoms with E-state index in [-0.39, 0.29) is 24.0 Å². The Morgan fingerprint density at radius 1 is 0.839 bits per heavy atom. The Bertz CT molecular complexity index is 941. The van der Waals surface area contributed by atoms with Crippen LogP contribution in [0.5, 0.6) is 0 Å². The second-order valence-electron chi connectivity index (χ2n) is 8.40. The van der Waals surface area contributed by atoms with Crippen molar-refractivity contribution in [3.63, 3.8) is 0 Å². The van der Waals surface area contributed by atoms with E-state index in [2.05, 4.69) is 91.8 Å². The topological polar surface area (TPSA) is 44.0 Å². The quantitative estimate of drug-likeness (QED) is 0.485. The summed E-state index contributed by atoms with van der Waals surface area (Å²) in [5.74, 6) is 0.603. The van der Waals surface area contributed by atoms with Crippen LogP contribution in [0.25, 0.3) is 22.3 Å². The molecule has 0 saturated carbocycles. The van der Waals surface area contributed by atoms with Crippen LogP contribution >= 0.6 is 12.4 Å². The zero-order chi connectivity index (χ0) is 20.2. The largest absolute Gasteiger partial charge is 0.412 e. The minimum atomic E-state index is 0. The predicted molar refractivity (Wildman–Crippen MR) is 133 cm³/mol. The summed E-state index contributed by atoms with van der Waals surface area (Å²) in [6, 6.07) is 26.4. The minimum absolute atomic E-state index is 0. The lowest BCUT2D eigenvalue weighted by Crippen LogP contribution is -2.26. The summed E-state index contributed by atoms with van der Waals surface area (Å²) in [4.78, 5) is 2.27. The number of ether oxygens (including phenoxy) is 1. The number of nitrogens with zero attached hydrogens (tertiary/aromatic N) is 1. The highest BCUT2D eigenvalue weighted by Crippen LogP contribution is 2.40. The SMILES string of the molecule is CO[C@H]1c2ccc(-c3ccc(-c4ccccc4)cc3)cc2CCC1CCN(C)C.Cl.O. The van der Waals surface area contributed by atoms with Crippen LogP contribution < -0.4 is 0 Å². The summed E-state index contributed by atoms with van der Waals surface area (Å²) in [5.41, 5.74) is 7.92. The molecule has 166 valence electrons. The molecule has 0 saturated heterocycles. The summed E-state index contributed by atoms with van der Waals surface area (Å²) in [7, 11) is 6.15. The van der Waals surface area contributed by atoms with Crippen molar-refractivity contribution in [3.8, 4) is 22.3 Å². The fraction of sp³-hybridized carbons (Fsp3) is 0.333. The molecule has 1 aliphatic carbocycles. The molecule has 4 heteroatoms. The summed E-state index contributed by atoms with van der Waals surface area (Å²) in [6.07, 6.45) is 3.75. The van der Waals surface area contributed by atoms with Gasteiger partial charge in [0, 0.05) is 7.11 Å². The molecule has 1 unspecified atom stereocenters. The van der Waals surface area contributed by atoms with E-state index in [4.69, 9.17) is 4.74 Å². The summed E-state index contributed by atoms with van der Waals surface area (Å²) in [6.45, 7) is 1.12. The Morgan fingerprint density at radius 2 is 1.42 bits per heavy atom. The Balaban J connectivity index is 0.00000171. The van der Waals surface area contributed by atoms with Crippen molar-refractivity contribution in [2.45, 2.75) is 25.4 Å². The fourth-order valence-corrected chi connectivity index (χ4v) is 4.55. The van der Waals surface area contributed by atoms with Gasteiger partial charge in [0.2, 0.25) is 0 Å². The third-order valence-corrected chi connectivity index (χ3v) is 6.19. The summed E-state index contributed by atoms with van der Waals surface area (Å²) in [5, 5.41) is 0. The molecule has 0 amide bonds. The molecule has 0 fully saturated rings. The second kappa shape index (κ2) is 11.4. The third-order valence-electron chi connectivity index (χ3n) is 6.19. The van der Waals surface area contributed by atoms with Gasteiger partial charge in [0.1, 0.15) is 0 Å². The zero-order valence-corrected chi connectivity index (χ0v) is 19.5. The average molecular weight is 440 g/mol. The van der Waals surface area contributed by atoms with Crippen molar-refractivity contribution in [2.75, 3.05) is 27.7 Å². The second-order valence-corrected chi connectivity index (χ2v) is 8.40. The van der Waals surface area contributed by atoms with Crippen molar-refractivity contribution in [1.82, 2.24) is 4.90 Å². The van der Waals surface area contributed by atoms with E-state index in [1.54, 1.807) is 0 Å². The molecule has 0 radical (unpaired) electrons. The lowest BCUT2D eigenvalue weighted by Gasteiger charge is -2.33. The average Bonchev–Trinajstić information content (AvgIpc) is 2.77. The summed E-state index contributed by atoms with van der Waals surface area (Å²) >= 11 is 0. The van der Waals surface area contributed by atoms with Crippen LogP contribution in [0.15, 0.2) is 72.8 Å². The van der Waals surface area contributed by atoms with Gasteiger partial charge in [-0.25, -0.2) is 0 Å². The van der Waals surface area contributed by atoms with Gasteiger partial charge in [-0.05, 0) is 79.2 Å². The van der Waals surface area contributed by atoms with Crippen molar-refractivity contribution in [3.05, 3.63) is 83.9 Å². The number of rotatable bonds is 6. The maximum absolute atomic E-state index is 5.95. The molecule has 4 rings (SSSR count). The van der Waals surface area contributed by atoms with Crippen molar-refractivity contribution >= 4 is 12.4 Å². The highest BCUT2D eigenvalue weighted by Gasteiger charge is 2.29. The maximum Gasteiger partial charge on any atom is 0.0852 e. The van der Waals surface area contributed by atoms with Gasteiger partial charge >= 0.3 is 0 Å². The van der Waals surface area contributed by atoms with E-state index in [1.807, 2.05) is 7.11 Å². The third kappa shape index (κ3) is 5.75. The number of aryl methyl sites for hydroxylation is 1. The Morgan fingerprint density at radius 3 is 2.03 bits per heavy atom. The van der Waals surface area contributed by atoms with Gasteiger partial charge in [-0.2, -0.15) is 0 Å². The van der Waals surface area contributed by atoms with E-state index < -0.39 is 0 Å². The van der Waals surface area contributed by atoms with Crippen molar-refractivity contribution < 1.29 is 10.2 Å². The first-order valence-corrected chi connectivity index (χ1v) is 10.6. The Labute approximate surface area is 192 Å². The Kier molecular flexibility index (Phi) is 9.27. The molecule has 31 heavy (non-hydrogen) atoms. The summed E-state index contributed by atoms with van der Waals surface area (Å²) < 4.78 is 5.95. The fourth-order valence-electron chi connectivity index (χ4n) is 4.55. The molecule has 0 aliphatic heterocycles. The van der Waals surface area contributed by atoms with E-state index in [9.17, 15) is 0 Å². The molecule has 3 aromatic carbocycles. The number of benzene rings is 3. The van der Waals surface area contributed by atoms with Gasteiger partial charge < -0.3 is 15.1 Å². The monoisotopic (exact) mass is 439 g/mol. The van der Waals surface area contributed by atoms with E-state index in [1.165, 1.54) is 46.2 Å². The smallest absolute Gasteiger partial charge is 0.0852 e. The first kappa shape index (κ1) is 25.1. The highest BCUT2D eigenvalue weighted by molar-refractivity contribution is 5.85. The number of fused-ring (bicyclic) bond motifs is 1. The normalized spacial score (nSPS) is 17.4. The lowest BCUT2D eigenvalue weighted by molar-refractivity contribution is 0.0343. The van der Waals surface area contributed by atoms with Gasteiger partial charge in [0.05, 0.1) is 6.10 Å². The van der Waals surface area contributed by atoms with E-state index in [0.717, 1.165) is 13.0 Å². The molecule has 2 N–H and O–H groups in total. The van der Waals surface area contributed by atoms with Gasteiger partial charge in [-0.15, -0.1) is 12.4 Å². The molecular weight excluding hydrogens is 406 g/mol. The molecule has 2 atom stereocenters. The van der Waals surface area contributed by atoms with Crippen LogP contribution in [0, 0.1) is 5.92 Å². The highest BCUT2D eigenvalue weighted by atomic mass is 35.5. The first-order valence-electron chi connectivity index (χ1n) is 10.6. The van der Waals surface area contributed by atoms with Crippen molar-refractivity contribution in [2.24, 2.45) is 5.92 Å². The van der Waals surface area contributed by atoms with Gasteiger partial charge in [0.25, 0.3) is 0 Å². The molecule has 3 aromatic rings. The molecule has 3 nitrogen and oxygen atoms in total. The molecule has 0 aromatic heterocycles. The van der Waals surface area contributed by atoms with Crippen LogP contribution in [0.2, 0.25) is 0 Å². The van der Waals surface area contributed by atoms with Crippen LogP contribution in [-0.4, -0.2) is 38.1 Å². The van der Waals surface area contributed by atoms with E-state index >= 15 is 0 Å². The van der Waals surface area contributed by atoms with Crippen LogP contribution in [-0.2, 0) is 11.2 Å². The number of methoxy groups -OCH3 is 1. The molecular formula is C27H34ClNO2. The van der Waals surface area contributed by atoms with Crippen LogP contribution in [0.4, 0.5) is 0 Å². The first-order chi connectivity index (χ1) is 14.2.